The maximum Gasteiger partial charge on any atom is 0.337 e. The van der Waals surface area contributed by atoms with Crippen molar-refractivity contribution in [2.75, 3.05) is 20.3 Å². The predicted octanol–water partition coefficient (Wildman–Crippen LogP) is 5.89. The molecule has 0 saturated carbocycles. The van der Waals surface area contributed by atoms with Gasteiger partial charge in [-0.15, -0.1) is 0 Å². The highest BCUT2D eigenvalue weighted by atomic mass is 32.1. The zero-order valence-corrected chi connectivity index (χ0v) is 27.3. The Balaban J connectivity index is 1.42. The lowest BCUT2D eigenvalue weighted by molar-refractivity contribution is -0.136. The van der Waals surface area contributed by atoms with Crippen LogP contribution in [0.15, 0.2) is 100 Å². The number of hydrogen-bond acceptors (Lipinski definition) is 7. The summed E-state index contributed by atoms with van der Waals surface area (Å²) in [4.78, 5) is 32.1. The molecule has 0 saturated heterocycles. The van der Waals surface area contributed by atoms with Gasteiger partial charge < -0.3 is 18.8 Å². The van der Waals surface area contributed by atoms with Gasteiger partial charge in [-0.05, 0) is 86.4 Å². The molecule has 234 valence electrons. The molecule has 6 rings (SSSR count). The van der Waals surface area contributed by atoms with Gasteiger partial charge in [0.15, 0.2) is 16.3 Å². The molecule has 1 atom stereocenters. The van der Waals surface area contributed by atoms with Gasteiger partial charge in [-0.25, -0.2) is 9.79 Å². The van der Waals surface area contributed by atoms with Crippen LogP contribution in [0.1, 0.15) is 42.4 Å². The molecular weight excluding hydrogens is 598 g/mol. The lowest BCUT2D eigenvalue weighted by Gasteiger charge is -2.23. The Kier molecular flexibility index (Phi) is 8.76. The minimum Gasteiger partial charge on any atom is -0.490 e. The molecule has 3 heterocycles. The van der Waals surface area contributed by atoms with Crippen molar-refractivity contribution in [2.24, 2.45) is 4.99 Å². The van der Waals surface area contributed by atoms with E-state index in [0.717, 1.165) is 28.2 Å². The Morgan fingerprint density at radius 3 is 2.30 bits per heavy atom. The van der Waals surface area contributed by atoms with E-state index in [1.54, 1.807) is 10.6 Å². The molecule has 0 unspecified atom stereocenters. The average molecular weight is 634 g/mol. The number of nitrogens with zero attached hydrogens (tertiary/aromatic N) is 3. The van der Waals surface area contributed by atoms with Crippen LogP contribution in [0.2, 0.25) is 0 Å². The van der Waals surface area contributed by atoms with Gasteiger partial charge in [-0.1, -0.05) is 59.9 Å². The number of methoxy groups -OCH3 is 1. The molecule has 8 nitrogen and oxygen atoms in total. The van der Waals surface area contributed by atoms with Crippen molar-refractivity contribution in [3.63, 3.8) is 0 Å². The van der Waals surface area contributed by atoms with Gasteiger partial charge in [0.1, 0.15) is 0 Å². The summed E-state index contributed by atoms with van der Waals surface area (Å²) >= 11 is 1.29. The fourth-order valence-electron chi connectivity index (χ4n) is 5.89. The first kappa shape index (κ1) is 30.9. The third kappa shape index (κ3) is 5.70. The Bertz CT molecular complexity index is 2120. The second kappa shape index (κ2) is 13.1. The monoisotopic (exact) mass is 633 g/mol. The molecule has 1 aliphatic heterocycles. The Hall–Kier alpha value is -5.15. The van der Waals surface area contributed by atoms with Crippen molar-refractivity contribution in [2.45, 2.75) is 33.7 Å². The van der Waals surface area contributed by atoms with Gasteiger partial charge in [0, 0.05) is 23.3 Å². The van der Waals surface area contributed by atoms with E-state index in [4.69, 9.17) is 14.2 Å². The van der Waals surface area contributed by atoms with Crippen LogP contribution < -0.4 is 24.4 Å². The number of carbonyl (C=O) groups is 1. The van der Waals surface area contributed by atoms with E-state index in [1.165, 1.54) is 30.2 Å². The summed E-state index contributed by atoms with van der Waals surface area (Å²) in [6, 6.07) is 25.5. The molecule has 0 fully saturated rings. The first-order valence-corrected chi connectivity index (χ1v) is 16.0. The summed E-state index contributed by atoms with van der Waals surface area (Å²) in [6.07, 6.45) is 3.40. The Morgan fingerprint density at radius 2 is 1.61 bits per heavy atom. The molecule has 2 aromatic heterocycles. The molecule has 5 aromatic rings. The number of fused-ring (bicyclic) bond motifs is 1. The minimum atomic E-state index is -0.753. The molecular formula is C37H35N3O5S. The summed E-state index contributed by atoms with van der Waals surface area (Å²) in [5.41, 5.74) is 7.04. The van der Waals surface area contributed by atoms with E-state index in [2.05, 4.69) is 58.9 Å². The highest BCUT2D eigenvalue weighted by Crippen LogP contribution is 2.35. The maximum absolute atomic E-state index is 14.1. The van der Waals surface area contributed by atoms with Crippen molar-refractivity contribution < 1.29 is 19.0 Å². The standard InChI is InChI=1S/C37H35N3O5S/c1-6-44-31-18-15-27(20-32(31)45-7-2)34-30(36(42)43-5)22-38-37-40(34)35(41)33(46-37)21-28-19-23(3)39(24(28)4)29-16-13-26(14-17-29)25-11-9-8-10-12-25/h8-22,34H,6-7H2,1-5H3/b33-21+/t34-/m0/s1. The molecule has 0 N–H and O–H groups in total. The Morgan fingerprint density at radius 1 is 0.913 bits per heavy atom. The molecule has 0 spiro atoms. The number of aromatic nitrogens is 2. The highest BCUT2D eigenvalue weighted by Gasteiger charge is 2.31. The number of aryl methyl sites for hydroxylation is 1. The van der Waals surface area contributed by atoms with Crippen LogP contribution in [0, 0.1) is 13.8 Å². The quantitative estimate of drug-likeness (QED) is 0.189. The average Bonchev–Trinajstić information content (AvgIpc) is 3.55. The summed E-state index contributed by atoms with van der Waals surface area (Å²) in [5, 5.41) is 0. The van der Waals surface area contributed by atoms with Crippen LogP contribution >= 0.6 is 11.3 Å². The van der Waals surface area contributed by atoms with Crippen molar-refractivity contribution in [1.29, 1.82) is 0 Å². The summed E-state index contributed by atoms with van der Waals surface area (Å²) < 4.78 is 21.0. The zero-order chi connectivity index (χ0) is 32.4. The SMILES string of the molecule is CCOc1ccc([C@H]2C(C(=O)OC)=CN=c3s/c(=C/c4cc(C)n(-c5ccc(-c6ccccc6)cc5)c4C)c(=O)n32)cc1OCC. The van der Waals surface area contributed by atoms with Gasteiger partial charge in [-0.3, -0.25) is 9.36 Å². The van der Waals surface area contributed by atoms with E-state index >= 15 is 0 Å². The smallest absolute Gasteiger partial charge is 0.337 e. The van der Waals surface area contributed by atoms with E-state index in [9.17, 15) is 9.59 Å². The zero-order valence-electron chi connectivity index (χ0n) is 26.4. The van der Waals surface area contributed by atoms with Crippen molar-refractivity contribution in [3.05, 3.63) is 133 Å². The van der Waals surface area contributed by atoms with Crippen LogP contribution in [0.5, 0.6) is 11.5 Å². The second-order valence-corrected chi connectivity index (χ2v) is 11.8. The molecule has 0 amide bonds. The van der Waals surface area contributed by atoms with E-state index in [0.29, 0.717) is 39.6 Å². The lowest BCUT2D eigenvalue weighted by atomic mass is 9.97. The molecule has 0 radical (unpaired) electrons. The number of benzene rings is 3. The fraction of sp³-hybridized carbons (Fsp3) is 0.216. The lowest BCUT2D eigenvalue weighted by Crippen LogP contribution is -2.39. The minimum absolute atomic E-state index is 0.243. The normalized spacial score (nSPS) is 14.3. The van der Waals surface area contributed by atoms with Crippen molar-refractivity contribution in [1.82, 2.24) is 9.13 Å². The third-order valence-electron chi connectivity index (χ3n) is 8.00. The number of esters is 1. The predicted molar refractivity (Wildman–Crippen MR) is 181 cm³/mol. The number of thiazole rings is 1. The maximum atomic E-state index is 14.1. The molecule has 0 aliphatic carbocycles. The number of rotatable bonds is 9. The Labute approximate surface area is 271 Å². The van der Waals surface area contributed by atoms with Gasteiger partial charge >= 0.3 is 5.97 Å². The van der Waals surface area contributed by atoms with E-state index < -0.39 is 12.0 Å². The van der Waals surface area contributed by atoms with Crippen LogP contribution in [0.3, 0.4) is 0 Å². The first-order chi connectivity index (χ1) is 22.3. The van der Waals surface area contributed by atoms with E-state index in [-0.39, 0.29) is 11.1 Å². The van der Waals surface area contributed by atoms with Crippen molar-refractivity contribution in [3.8, 4) is 28.3 Å². The van der Waals surface area contributed by atoms with Gasteiger partial charge in [0.25, 0.3) is 5.56 Å². The van der Waals surface area contributed by atoms with Crippen LogP contribution in [-0.4, -0.2) is 35.4 Å². The van der Waals surface area contributed by atoms with Gasteiger partial charge in [0.05, 0.1) is 36.5 Å². The highest BCUT2D eigenvalue weighted by molar-refractivity contribution is 7.07. The summed E-state index contributed by atoms with van der Waals surface area (Å²) in [5.74, 6) is 0.570. The molecule has 46 heavy (non-hydrogen) atoms. The van der Waals surface area contributed by atoms with Crippen LogP contribution in [0.4, 0.5) is 0 Å². The van der Waals surface area contributed by atoms with Gasteiger partial charge in [-0.2, -0.15) is 0 Å². The molecule has 9 heteroatoms. The second-order valence-electron chi connectivity index (χ2n) is 10.8. The fourth-order valence-corrected chi connectivity index (χ4v) is 6.85. The third-order valence-corrected chi connectivity index (χ3v) is 8.99. The van der Waals surface area contributed by atoms with E-state index in [1.807, 2.05) is 57.2 Å². The largest absolute Gasteiger partial charge is 0.490 e. The first-order valence-electron chi connectivity index (χ1n) is 15.2. The number of hydrogen-bond donors (Lipinski definition) is 0. The van der Waals surface area contributed by atoms with Crippen LogP contribution in [0.25, 0.3) is 22.9 Å². The van der Waals surface area contributed by atoms with Crippen LogP contribution in [-0.2, 0) is 9.53 Å². The van der Waals surface area contributed by atoms with Gasteiger partial charge in [0.2, 0.25) is 0 Å². The summed E-state index contributed by atoms with van der Waals surface area (Å²) in [6.45, 7) is 8.81. The molecule has 1 aliphatic rings. The number of carbonyl (C=O) groups excluding carboxylic acids is 1. The summed E-state index contributed by atoms with van der Waals surface area (Å²) in [7, 11) is 1.32. The molecule has 3 aromatic carbocycles. The van der Waals surface area contributed by atoms with Crippen molar-refractivity contribution >= 4 is 23.4 Å². The number of ether oxygens (including phenoxy) is 3. The molecule has 0 bridgehead atoms. The topological polar surface area (TPSA) is 84.0 Å².